The quantitative estimate of drug-likeness (QED) is 0.662. The van der Waals surface area contributed by atoms with Gasteiger partial charge in [0.05, 0.1) is 0 Å². The minimum Gasteiger partial charge on any atom is -0.357 e. The van der Waals surface area contributed by atoms with Crippen molar-refractivity contribution in [1.82, 2.24) is 15.6 Å². The highest BCUT2D eigenvalue weighted by molar-refractivity contribution is 5.80. The van der Waals surface area contributed by atoms with Crippen LogP contribution in [0.4, 0.5) is 5.82 Å². The van der Waals surface area contributed by atoms with E-state index in [1.54, 1.807) is 0 Å². The fraction of sp³-hybridized carbons (Fsp3) is 0.667. The van der Waals surface area contributed by atoms with Crippen molar-refractivity contribution in [3.05, 3.63) is 23.9 Å². The van der Waals surface area contributed by atoms with Gasteiger partial charge in [-0.05, 0) is 42.7 Å². The molecule has 2 unspecified atom stereocenters. The molecule has 1 saturated carbocycles. The zero-order chi connectivity index (χ0) is 16.2. The second-order valence-corrected chi connectivity index (χ2v) is 7.08. The molecule has 0 aromatic carbocycles. The van der Waals surface area contributed by atoms with Crippen LogP contribution in [-0.2, 0) is 6.54 Å². The van der Waals surface area contributed by atoms with Crippen LogP contribution in [0, 0.1) is 11.8 Å². The molecule has 23 heavy (non-hydrogen) atoms. The highest BCUT2D eigenvalue weighted by atomic mass is 15.2. The number of hydrogen-bond donors (Lipinski definition) is 2. The molecule has 1 aromatic heterocycles. The first-order valence-corrected chi connectivity index (χ1v) is 8.82. The van der Waals surface area contributed by atoms with E-state index >= 15 is 0 Å². The number of hydrogen-bond acceptors (Lipinski definition) is 3. The fourth-order valence-electron chi connectivity index (χ4n) is 3.03. The Balaban J connectivity index is 1.49. The van der Waals surface area contributed by atoms with E-state index in [9.17, 15) is 0 Å². The maximum absolute atomic E-state index is 4.64. The topological polar surface area (TPSA) is 52.6 Å². The Morgan fingerprint density at radius 2 is 2.04 bits per heavy atom. The molecule has 0 radical (unpaired) electrons. The molecule has 126 valence electrons. The lowest BCUT2D eigenvalue weighted by atomic mass is 9.99. The van der Waals surface area contributed by atoms with Crippen molar-refractivity contribution in [2.24, 2.45) is 16.8 Å². The summed E-state index contributed by atoms with van der Waals surface area (Å²) in [6, 6.07) is 4.90. The van der Waals surface area contributed by atoms with Gasteiger partial charge in [0, 0.05) is 38.9 Å². The highest BCUT2D eigenvalue weighted by Crippen LogP contribution is 2.28. The highest BCUT2D eigenvalue weighted by Gasteiger charge is 2.33. The number of rotatable bonds is 4. The van der Waals surface area contributed by atoms with Gasteiger partial charge in [0.2, 0.25) is 0 Å². The fourth-order valence-corrected chi connectivity index (χ4v) is 3.03. The smallest absolute Gasteiger partial charge is 0.191 e. The van der Waals surface area contributed by atoms with Crippen molar-refractivity contribution in [2.75, 3.05) is 25.0 Å². The zero-order valence-electron chi connectivity index (χ0n) is 14.5. The number of aromatic nitrogens is 1. The van der Waals surface area contributed by atoms with Crippen LogP contribution < -0.4 is 15.5 Å². The van der Waals surface area contributed by atoms with E-state index in [0.717, 1.165) is 43.2 Å². The van der Waals surface area contributed by atoms with E-state index in [0.29, 0.717) is 6.04 Å². The van der Waals surface area contributed by atoms with E-state index in [1.165, 1.54) is 24.8 Å². The average molecular weight is 315 g/mol. The minimum absolute atomic E-state index is 0.586. The standard InChI is InChI=1S/C18H29N5/c1-13-6-8-23(9-7-13)17-5-4-15(11-20-17)12-21-18(19-3)22-16-10-14(16)2/h4-5,11,13-14,16H,6-10,12H2,1-3H3,(H2,19,21,22). The molecule has 0 spiro atoms. The molecule has 2 aliphatic rings. The van der Waals surface area contributed by atoms with Crippen molar-refractivity contribution in [3.8, 4) is 0 Å². The summed E-state index contributed by atoms with van der Waals surface area (Å²) >= 11 is 0. The molecule has 5 nitrogen and oxygen atoms in total. The van der Waals surface area contributed by atoms with Gasteiger partial charge in [-0.15, -0.1) is 0 Å². The summed E-state index contributed by atoms with van der Waals surface area (Å²) in [6.45, 7) is 7.60. The molecule has 2 fully saturated rings. The number of guanidine groups is 1. The third kappa shape index (κ3) is 4.36. The van der Waals surface area contributed by atoms with Gasteiger partial charge < -0.3 is 15.5 Å². The summed E-state index contributed by atoms with van der Waals surface area (Å²) in [4.78, 5) is 11.3. The molecule has 2 atom stereocenters. The first-order valence-electron chi connectivity index (χ1n) is 8.82. The van der Waals surface area contributed by atoms with Gasteiger partial charge in [-0.2, -0.15) is 0 Å². The van der Waals surface area contributed by atoms with Crippen molar-refractivity contribution in [1.29, 1.82) is 0 Å². The van der Waals surface area contributed by atoms with Crippen LogP contribution in [-0.4, -0.2) is 37.1 Å². The Kier molecular flexibility index (Phi) is 5.03. The predicted molar refractivity (Wildman–Crippen MR) is 95.8 cm³/mol. The molecule has 1 aliphatic heterocycles. The maximum Gasteiger partial charge on any atom is 0.191 e. The number of nitrogens with zero attached hydrogens (tertiary/aromatic N) is 3. The Morgan fingerprint density at radius 3 is 2.61 bits per heavy atom. The second kappa shape index (κ2) is 7.20. The van der Waals surface area contributed by atoms with Crippen LogP contribution >= 0.6 is 0 Å². The summed E-state index contributed by atoms with van der Waals surface area (Å²) < 4.78 is 0. The molecule has 0 amide bonds. The van der Waals surface area contributed by atoms with Crippen LogP contribution in [0.1, 0.15) is 38.7 Å². The lowest BCUT2D eigenvalue weighted by Crippen LogP contribution is -2.38. The van der Waals surface area contributed by atoms with Gasteiger partial charge in [-0.25, -0.2) is 4.98 Å². The predicted octanol–water partition coefficient (Wildman–Crippen LogP) is 2.39. The average Bonchev–Trinajstić information content (AvgIpc) is 3.27. The Labute approximate surface area is 139 Å². The molecule has 1 saturated heterocycles. The lowest BCUT2D eigenvalue weighted by Gasteiger charge is -2.31. The number of nitrogens with one attached hydrogen (secondary N) is 2. The number of aliphatic imine (C=N–C) groups is 1. The molecular weight excluding hydrogens is 286 g/mol. The van der Waals surface area contributed by atoms with Crippen LogP contribution in [0.2, 0.25) is 0 Å². The van der Waals surface area contributed by atoms with Crippen LogP contribution in [0.25, 0.3) is 0 Å². The molecule has 1 aromatic rings. The lowest BCUT2D eigenvalue weighted by molar-refractivity contribution is 0.436. The summed E-state index contributed by atoms with van der Waals surface area (Å²) in [5.74, 6) is 3.60. The van der Waals surface area contributed by atoms with E-state index in [1.807, 2.05) is 13.2 Å². The van der Waals surface area contributed by atoms with Crippen molar-refractivity contribution in [2.45, 2.75) is 45.7 Å². The Bertz CT molecular complexity index is 531. The number of piperidine rings is 1. The van der Waals surface area contributed by atoms with E-state index in [4.69, 9.17) is 0 Å². The summed E-state index contributed by atoms with van der Waals surface area (Å²) in [5.41, 5.74) is 1.19. The second-order valence-electron chi connectivity index (χ2n) is 7.08. The van der Waals surface area contributed by atoms with Crippen LogP contribution in [0.15, 0.2) is 23.3 Å². The SMILES string of the molecule is CN=C(NCc1ccc(N2CCC(C)CC2)nc1)NC1CC1C. The van der Waals surface area contributed by atoms with Crippen LogP contribution in [0.3, 0.4) is 0 Å². The van der Waals surface area contributed by atoms with E-state index < -0.39 is 0 Å². The van der Waals surface area contributed by atoms with Crippen molar-refractivity contribution >= 4 is 11.8 Å². The third-order valence-corrected chi connectivity index (χ3v) is 5.03. The monoisotopic (exact) mass is 315 g/mol. The van der Waals surface area contributed by atoms with Crippen LogP contribution in [0.5, 0.6) is 0 Å². The number of pyridine rings is 1. The molecule has 3 rings (SSSR count). The first kappa shape index (κ1) is 16.1. The molecule has 1 aliphatic carbocycles. The first-order chi connectivity index (χ1) is 11.2. The molecule has 5 heteroatoms. The molecule has 2 N–H and O–H groups in total. The Hall–Kier alpha value is -1.78. The third-order valence-electron chi connectivity index (χ3n) is 5.03. The maximum atomic E-state index is 4.64. The summed E-state index contributed by atoms with van der Waals surface area (Å²) in [5, 5.41) is 6.81. The molecule has 0 bridgehead atoms. The zero-order valence-corrected chi connectivity index (χ0v) is 14.5. The van der Waals surface area contributed by atoms with Crippen molar-refractivity contribution < 1.29 is 0 Å². The van der Waals surface area contributed by atoms with Gasteiger partial charge in [0.25, 0.3) is 0 Å². The minimum atomic E-state index is 0.586. The van der Waals surface area contributed by atoms with Gasteiger partial charge in [-0.1, -0.05) is 19.9 Å². The number of anilines is 1. The Morgan fingerprint density at radius 1 is 1.30 bits per heavy atom. The summed E-state index contributed by atoms with van der Waals surface area (Å²) in [6.07, 6.45) is 5.76. The normalized spacial score (nSPS) is 25.3. The van der Waals surface area contributed by atoms with Gasteiger partial charge >= 0.3 is 0 Å². The van der Waals surface area contributed by atoms with E-state index in [2.05, 4.69) is 51.5 Å². The van der Waals surface area contributed by atoms with Gasteiger partial charge in [0.1, 0.15) is 5.82 Å². The van der Waals surface area contributed by atoms with Gasteiger partial charge in [0.15, 0.2) is 5.96 Å². The van der Waals surface area contributed by atoms with E-state index in [-0.39, 0.29) is 0 Å². The van der Waals surface area contributed by atoms with Crippen molar-refractivity contribution in [3.63, 3.8) is 0 Å². The molecule has 2 heterocycles. The molecular formula is C18H29N5. The van der Waals surface area contributed by atoms with Gasteiger partial charge in [-0.3, -0.25) is 4.99 Å². The largest absolute Gasteiger partial charge is 0.357 e. The summed E-state index contributed by atoms with van der Waals surface area (Å²) in [7, 11) is 1.82.